The maximum atomic E-state index is 9.45. The molecule has 0 aliphatic rings. The van der Waals surface area contributed by atoms with Gasteiger partial charge in [0.2, 0.25) is 0 Å². The molecule has 0 atom stereocenters. The van der Waals surface area contributed by atoms with E-state index in [-0.39, 0.29) is 15.3 Å². The summed E-state index contributed by atoms with van der Waals surface area (Å²) >= 11 is 17.3. The Bertz CT molecular complexity index is 414. The molecular weight excluding hydrogens is 280 g/mol. The van der Waals surface area contributed by atoms with Crippen LogP contribution in [-0.2, 0) is 6.54 Å². The highest BCUT2D eigenvalue weighted by atomic mass is 35.5. The Kier molecular flexibility index (Phi) is 6.14. The Morgan fingerprint density at radius 1 is 1.29 bits per heavy atom. The fraction of sp³-hybridized carbons (Fsp3) is 0.333. The first-order valence-corrected chi connectivity index (χ1v) is 6.43. The van der Waals surface area contributed by atoms with E-state index in [0.717, 1.165) is 18.5 Å². The topological polar surface area (TPSA) is 32.3 Å². The molecule has 94 valence electrons. The molecule has 0 saturated heterocycles. The van der Waals surface area contributed by atoms with Crippen molar-refractivity contribution in [2.24, 2.45) is 0 Å². The summed E-state index contributed by atoms with van der Waals surface area (Å²) in [7, 11) is 0. The lowest BCUT2D eigenvalue weighted by Gasteiger charge is -2.10. The Morgan fingerprint density at radius 3 is 2.59 bits per heavy atom. The van der Waals surface area contributed by atoms with Gasteiger partial charge in [0.05, 0.1) is 5.03 Å². The minimum Gasteiger partial charge on any atom is -0.508 e. The molecule has 2 N–H and O–H groups in total. The molecule has 17 heavy (non-hydrogen) atoms. The maximum Gasteiger partial charge on any atom is 0.126 e. The molecule has 1 rings (SSSR count). The van der Waals surface area contributed by atoms with Crippen molar-refractivity contribution in [3.63, 3.8) is 0 Å². The molecule has 0 bridgehead atoms. The monoisotopic (exact) mass is 293 g/mol. The summed E-state index contributed by atoms with van der Waals surface area (Å²) in [5.41, 5.74) is 1.59. The van der Waals surface area contributed by atoms with Crippen LogP contribution in [0.5, 0.6) is 5.75 Å². The number of aromatic hydroxyl groups is 1. The van der Waals surface area contributed by atoms with E-state index in [2.05, 4.69) is 12.2 Å². The lowest BCUT2D eigenvalue weighted by atomic mass is 10.1. The molecule has 0 heterocycles. The third-order valence-electron chi connectivity index (χ3n) is 2.24. The van der Waals surface area contributed by atoms with Gasteiger partial charge in [-0.15, -0.1) is 0 Å². The van der Waals surface area contributed by atoms with E-state index in [1.54, 1.807) is 18.2 Å². The number of phenols is 1. The third kappa shape index (κ3) is 4.40. The Balaban J connectivity index is 3.00. The summed E-state index contributed by atoms with van der Waals surface area (Å²) in [4.78, 5) is 0. The molecule has 0 radical (unpaired) electrons. The third-order valence-corrected chi connectivity index (χ3v) is 3.20. The normalized spacial score (nSPS) is 10.4. The Hall–Kier alpha value is -0.410. The zero-order chi connectivity index (χ0) is 12.8. The van der Waals surface area contributed by atoms with Gasteiger partial charge in [0.25, 0.3) is 0 Å². The summed E-state index contributed by atoms with van der Waals surface area (Å²) in [6.45, 7) is 3.66. The minimum absolute atomic E-state index is 0.00555. The van der Waals surface area contributed by atoms with Crippen molar-refractivity contribution < 1.29 is 5.11 Å². The van der Waals surface area contributed by atoms with Gasteiger partial charge in [-0.2, -0.15) is 0 Å². The van der Waals surface area contributed by atoms with Crippen molar-refractivity contribution in [2.75, 3.05) is 6.54 Å². The van der Waals surface area contributed by atoms with Crippen molar-refractivity contribution in [1.29, 1.82) is 0 Å². The molecule has 5 heteroatoms. The van der Waals surface area contributed by atoms with E-state index in [1.165, 1.54) is 0 Å². The lowest BCUT2D eigenvalue weighted by Crippen LogP contribution is -2.14. The van der Waals surface area contributed by atoms with Gasteiger partial charge in [-0.1, -0.05) is 47.8 Å². The minimum atomic E-state index is -0.00555. The van der Waals surface area contributed by atoms with Gasteiger partial charge in [0.1, 0.15) is 10.2 Å². The van der Waals surface area contributed by atoms with Crippen LogP contribution >= 0.6 is 34.8 Å². The van der Waals surface area contributed by atoms with Crippen molar-refractivity contribution in [2.45, 2.75) is 19.9 Å². The highest BCUT2D eigenvalue weighted by Gasteiger charge is 2.10. The largest absolute Gasteiger partial charge is 0.508 e. The first kappa shape index (κ1) is 14.7. The van der Waals surface area contributed by atoms with Gasteiger partial charge in [0.15, 0.2) is 0 Å². The number of benzene rings is 1. The molecule has 0 unspecified atom stereocenters. The number of halogens is 3. The lowest BCUT2D eigenvalue weighted by molar-refractivity contribution is 0.474. The van der Waals surface area contributed by atoms with Crippen molar-refractivity contribution in [3.8, 4) is 5.75 Å². The van der Waals surface area contributed by atoms with Gasteiger partial charge in [-0.3, -0.25) is 0 Å². The van der Waals surface area contributed by atoms with E-state index in [1.807, 2.05) is 0 Å². The number of rotatable bonds is 5. The number of nitrogens with one attached hydrogen (secondary N) is 1. The van der Waals surface area contributed by atoms with Crippen molar-refractivity contribution >= 4 is 39.8 Å². The summed E-state index contributed by atoms with van der Waals surface area (Å²) < 4.78 is -0.00555. The maximum absolute atomic E-state index is 9.45. The standard InChI is InChI=1S/C12H14Cl3NO/c1-2-5-16-7-8-3-4-9(17)6-10(8)11(13)12(14)15/h3-4,6,16-17H,2,5,7H2,1H3. The summed E-state index contributed by atoms with van der Waals surface area (Å²) in [6, 6.07) is 4.96. The summed E-state index contributed by atoms with van der Waals surface area (Å²) in [6.07, 6.45) is 1.05. The van der Waals surface area contributed by atoms with Crippen LogP contribution in [-0.4, -0.2) is 11.7 Å². The Labute approximate surface area is 116 Å². The molecule has 0 spiro atoms. The molecular formula is C12H14Cl3NO. The van der Waals surface area contributed by atoms with Crippen LogP contribution < -0.4 is 5.32 Å². The second kappa shape index (κ2) is 7.12. The van der Waals surface area contributed by atoms with E-state index < -0.39 is 0 Å². The fourth-order valence-corrected chi connectivity index (χ4v) is 1.80. The van der Waals surface area contributed by atoms with E-state index in [9.17, 15) is 5.11 Å². The molecule has 2 nitrogen and oxygen atoms in total. The van der Waals surface area contributed by atoms with Crippen LogP contribution in [0.1, 0.15) is 24.5 Å². The van der Waals surface area contributed by atoms with Crippen LogP contribution in [0.3, 0.4) is 0 Å². The van der Waals surface area contributed by atoms with Crippen LogP contribution in [0, 0.1) is 0 Å². The molecule has 0 aromatic heterocycles. The van der Waals surface area contributed by atoms with E-state index in [4.69, 9.17) is 34.8 Å². The Morgan fingerprint density at radius 2 is 2.00 bits per heavy atom. The molecule has 0 aliphatic carbocycles. The van der Waals surface area contributed by atoms with Crippen LogP contribution in [0.4, 0.5) is 0 Å². The quantitative estimate of drug-likeness (QED) is 0.796. The van der Waals surface area contributed by atoms with Crippen LogP contribution in [0.15, 0.2) is 22.7 Å². The zero-order valence-electron chi connectivity index (χ0n) is 9.43. The van der Waals surface area contributed by atoms with Gasteiger partial charge in [-0.05, 0) is 30.7 Å². The predicted molar refractivity (Wildman–Crippen MR) is 74.6 cm³/mol. The first-order chi connectivity index (χ1) is 8.06. The fourth-order valence-electron chi connectivity index (χ4n) is 1.42. The second-order valence-corrected chi connectivity index (χ2v) is 4.92. The van der Waals surface area contributed by atoms with E-state index in [0.29, 0.717) is 12.1 Å². The molecule has 0 amide bonds. The van der Waals surface area contributed by atoms with E-state index >= 15 is 0 Å². The summed E-state index contributed by atoms with van der Waals surface area (Å²) in [5, 5.41) is 13.0. The van der Waals surface area contributed by atoms with Gasteiger partial charge >= 0.3 is 0 Å². The highest BCUT2D eigenvalue weighted by molar-refractivity contribution is 6.66. The van der Waals surface area contributed by atoms with Gasteiger partial charge in [-0.25, -0.2) is 0 Å². The van der Waals surface area contributed by atoms with Gasteiger partial charge < -0.3 is 10.4 Å². The average Bonchev–Trinajstić information content (AvgIpc) is 2.30. The molecule has 0 saturated carbocycles. The SMILES string of the molecule is CCCNCc1ccc(O)cc1C(Cl)=C(Cl)Cl. The first-order valence-electron chi connectivity index (χ1n) is 5.30. The number of hydrogen-bond acceptors (Lipinski definition) is 2. The van der Waals surface area contributed by atoms with Gasteiger partial charge in [0, 0.05) is 12.1 Å². The summed E-state index contributed by atoms with van der Waals surface area (Å²) in [5.74, 6) is 0.131. The van der Waals surface area contributed by atoms with Crippen LogP contribution in [0.25, 0.3) is 5.03 Å². The highest BCUT2D eigenvalue weighted by Crippen LogP contribution is 2.32. The smallest absolute Gasteiger partial charge is 0.126 e. The number of hydrogen-bond donors (Lipinski definition) is 2. The number of phenolic OH excluding ortho intramolecular Hbond substituents is 1. The predicted octanol–water partition coefficient (Wildman–Crippen LogP) is 4.23. The molecule has 0 fully saturated rings. The van der Waals surface area contributed by atoms with Crippen molar-refractivity contribution in [1.82, 2.24) is 5.32 Å². The molecule has 1 aromatic carbocycles. The van der Waals surface area contributed by atoms with Crippen LogP contribution in [0.2, 0.25) is 0 Å². The van der Waals surface area contributed by atoms with Crippen molar-refractivity contribution in [3.05, 3.63) is 33.8 Å². The molecule has 0 aliphatic heterocycles. The second-order valence-electron chi connectivity index (χ2n) is 3.59. The average molecular weight is 295 g/mol. The molecule has 1 aromatic rings. The zero-order valence-corrected chi connectivity index (χ0v) is 11.7.